The molecular weight excluding hydrogens is 859 g/mol. The van der Waals surface area contributed by atoms with Gasteiger partial charge < -0.3 is 37.9 Å². The number of hydrogen-bond acceptors (Lipinski definition) is 14. The van der Waals surface area contributed by atoms with Crippen LogP contribution in [-0.2, 0) is 49.8 Å². The Morgan fingerprint density at radius 2 is 1.13 bits per heavy atom. The lowest BCUT2D eigenvalue weighted by Gasteiger charge is -2.22. The van der Waals surface area contributed by atoms with Crippen LogP contribution >= 0.6 is 0 Å². The van der Waals surface area contributed by atoms with Gasteiger partial charge >= 0.3 is 5.97 Å². The number of benzene rings is 4. The molecule has 0 aliphatic carbocycles. The van der Waals surface area contributed by atoms with Crippen molar-refractivity contribution in [2.24, 2.45) is 9.98 Å². The molecule has 0 unspecified atom stereocenters. The number of aliphatic imine (C=N–C) groups is 2. The number of methoxy groups -OCH3 is 2. The summed E-state index contributed by atoms with van der Waals surface area (Å²) in [5, 5.41) is 0. The van der Waals surface area contributed by atoms with Gasteiger partial charge in [0.1, 0.15) is 31.3 Å². The van der Waals surface area contributed by atoms with E-state index >= 15 is 0 Å². The average Bonchev–Trinajstić information content (AvgIpc) is 3.84. The lowest BCUT2D eigenvalue weighted by Crippen LogP contribution is -2.37. The SMILES string of the molecule is COC(=O)CCOCCOCCOCCOc1cc(COc2cc3c(cc2C)C(=O)N2c4ccccc4C[C@H]2C=N3)nc(COc2cc3c(cc2OC)C(=O)N2c4ccccc4C[C@H]2C=N3)c1. The fraction of sp³-hybridized carbons (Fsp3) is 0.333. The maximum absolute atomic E-state index is 14.0. The predicted molar refractivity (Wildman–Crippen MR) is 249 cm³/mol. The molecule has 4 aliphatic heterocycles. The minimum Gasteiger partial charge on any atom is -0.493 e. The molecule has 67 heavy (non-hydrogen) atoms. The van der Waals surface area contributed by atoms with Gasteiger partial charge in [0.2, 0.25) is 0 Å². The van der Waals surface area contributed by atoms with Gasteiger partial charge in [-0.3, -0.25) is 39.2 Å². The Morgan fingerprint density at radius 3 is 1.72 bits per heavy atom. The van der Waals surface area contributed by atoms with E-state index in [-0.39, 0.29) is 62.7 Å². The number of aryl methyl sites for hydroxylation is 1. The Bertz CT molecular complexity index is 2720. The van der Waals surface area contributed by atoms with E-state index in [4.69, 9.17) is 48.1 Å². The number of rotatable bonds is 20. The minimum absolute atomic E-state index is 0.0227. The summed E-state index contributed by atoms with van der Waals surface area (Å²) in [6.45, 7) is 4.26. The molecule has 4 aromatic carbocycles. The summed E-state index contributed by atoms with van der Waals surface area (Å²) in [5.41, 5.74) is 7.84. The zero-order chi connectivity index (χ0) is 46.3. The van der Waals surface area contributed by atoms with Gasteiger partial charge in [-0.05, 0) is 47.9 Å². The van der Waals surface area contributed by atoms with Gasteiger partial charge in [0.25, 0.3) is 11.8 Å². The standard InChI is InChI=1S/C51H51N5O11/c1-32-20-40-42(52-28-37-21-33-8-4-6-10-44(33)55(37)50(40)58)26-46(32)66-30-35-23-39(65-19-18-64-17-16-63-15-14-62-13-12-49(57)61-3)24-36(54-35)31-67-48-27-43-41(25-47(48)60-2)51(59)56-38(29-53-43)22-34-9-5-7-11-45(34)56/h4-11,20,23-29,37-38H,12-19,21-22,30-31H2,1-3H3/t37-,38-/m0/s1. The zero-order valence-electron chi connectivity index (χ0n) is 37.6. The van der Waals surface area contributed by atoms with Crippen LogP contribution in [0.15, 0.2) is 94.9 Å². The maximum atomic E-state index is 14.0. The highest BCUT2D eigenvalue weighted by Gasteiger charge is 2.38. The minimum atomic E-state index is -0.319. The first kappa shape index (κ1) is 45.0. The molecule has 5 aromatic rings. The Morgan fingerprint density at radius 1 is 0.612 bits per heavy atom. The summed E-state index contributed by atoms with van der Waals surface area (Å²) >= 11 is 0. The van der Waals surface area contributed by atoms with Crippen molar-refractivity contribution >= 4 is 53.0 Å². The number of carbonyl (C=O) groups is 3. The Labute approximate surface area is 388 Å². The van der Waals surface area contributed by atoms with Crippen molar-refractivity contribution < 1.29 is 52.3 Å². The number of amides is 2. The fourth-order valence-electron chi connectivity index (χ4n) is 8.56. The molecule has 16 heteroatoms. The number of ether oxygens (including phenoxy) is 8. The van der Waals surface area contributed by atoms with Crippen molar-refractivity contribution in [2.45, 2.75) is 51.5 Å². The number of esters is 1. The predicted octanol–water partition coefficient (Wildman–Crippen LogP) is 7.12. The van der Waals surface area contributed by atoms with E-state index in [1.165, 1.54) is 14.2 Å². The van der Waals surface area contributed by atoms with E-state index in [1.54, 1.807) is 35.2 Å². The molecule has 0 radical (unpaired) electrons. The molecule has 0 saturated heterocycles. The lowest BCUT2D eigenvalue weighted by atomic mass is 10.1. The maximum Gasteiger partial charge on any atom is 0.307 e. The second-order valence-corrected chi connectivity index (χ2v) is 16.2. The van der Waals surface area contributed by atoms with E-state index in [2.05, 4.69) is 10.8 Å². The summed E-state index contributed by atoms with van der Waals surface area (Å²) in [5.74, 6) is 1.28. The summed E-state index contributed by atoms with van der Waals surface area (Å²) < 4.78 is 45.9. The molecule has 0 bridgehead atoms. The summed E-state index contributed by atoms with van der Waals surface area (Å²) in [6.07, 6.45) is 5.24. The first-order valence-corrected chi connectivity index (χ1v) is 22.2. The number of hydrogen-bond donors (Lipinski definition) is 0. The third-order valence-electron chi connectivity index (χ3n) is 11.8. The Kier molecular flexibility index (Phi) is 13.8. The van der Waals surface area contributed by atoms with Crippen LogP contribution in [0, 0.1) is 6.92 Å². The van der Waals surface area contributed by atoms with E-state index in [0.717, 1.165) is 28.1 Å². The normalized spacial score (nSPS) is 16.3. The highest BCUT2D eigenvalue weighted by molar-refractivity contribution is 6.15. The van der Waals surface area contributed by atoms with E-state index in [0.29, 0.717) is 103 Å². The largest absolute Gasteiger partial charge is 0.493 e. The molecule has 2 atom stereocenters. The molecule has 0 saturated carbocycles. The molecule has 5 heterocycles. The van der Waals surface area contributed by atoms with Crippen LogP contribution in [0.5, 0.6) is 23.0 Å². The van der Waals surface area contributed by atoms with Gasteiger partial charge in [0, 0.05) is 60.9 Å². The van der Waals surface area contributed by atoms with E-state index in [9.17, 15) is 14.4 Å². The van der Waals surface area contributed by atoms with Crippen molar-refractivity contribution in [3.8, 4) is 23.0 Å². The van der Waals surface area contributed by atoms with Crippen LogP contribution in [0.1, 0.15) is 55.2 Å². The van der Waals surface area contributed by atoms with Crippen molar-refractivity contribution in [1.82, 2.24) is 4.98 Å². The number of carbonyl (C=O) groups excluding carboxylic acids is 3. The van der Waals surface area contributed by atoms with Crippen molar-refractivity contribution in [1.29, 1.82) is 0 Å². The number of pyridine rings is 1. The van der Waals surface area contributed by atoms with Gasteiger partial charge in [-0.2, -0.15) is 0 Å². The van der Waals surface area contributed by atoms with Gasteiger partial charge in [0.05, 0.1) is 106 Å². The summed E-state index contributed by atoms with van der Waals surface area (Å²) in [7, 11) is 2.87. The number of nitrogens with zero attached hydrogens (tertiary/aromatic N) is 5. The molecule has 1 aromatic heterocycles. The first-order chi connectivity index (χ1) is 32.8. The molecule has 2 amide bonds. The van der Waals surface area contributed by atoms with E-state index < -0.39 is 0 Å². The van der Waals surface area contributed by atoms with Crippen LogP contribution in [0.2, 0.25) is 0 Å². The third kappa shape index (κ3) is 10.0. The van der Waals surface area contributed by atoms with Gasteiger partial charge in [-0.25, -0.2) is 0 Å². The van der Waals surface area contributed by atoms with Crippen LogP contribution in [-0.4, -0.2) is 108 Å². The van der Waals surface area contributed by atoms with Crippen molar-refractivity contribution in [3.63, 3.8) is 0 Å². The van der Waals surface area contributed by atoms with E-state index in [1.807, 2.05) is 72.8 Å². The highest BCUT2D eigenvalue weighted by Crippen LogP contribution is 2.42. The number of aromatic nitrogens is 1. The average molecular weight is 910 g/mol. The molecule has 16 nitrogen and oxygen atoms in total. The molecule has 346 valence electrons. The summed E-state index contributed by atoms with van der Waals surface area (Å²) in [4.78, 5) is 57.1. The zero-order valence-corrected chi connectivity index (χ0v) is 37.6. The molecule has 0 spiro atoms. The Balaban J connectivity index is 0.877. The molecule has 0 fully saturated rings. The van der Waals surface area contributed by atoms with Crippen molar-refractivity contribution in [3.05, 3.63) is 124 Å². The molecular formula is C51H51N5O11. The number of para-hydroxylation sites is 2. The third-order valence-corrected chi connectivity index (χ3v) is 11.8. The first-order valence-electron chi connectivity index (χ1n) is 22.2. The topological polar surface area (TPSA) is 169 Å². The lowest BCUT2D eigenvalue weighted by molar-refractivity contribution is -0.141. The van der Waals surface area contributed by atoms with Crippen LogP contribution in [0.4, 0.5) is 22.7 Å². The smallest absolute Gasteiger partial charge is 0.307 e. The second-order valence-electron chi connectivity index (χ2n) is 16.2. The van der Waals surface area contributed by atoms with Crippen molar-refractivity contribution in [2.75, 3.05) is 70.3 Å². The molecule has 9 rings (SSSR count). The number of anilines is 2. The molecule has 4 aliphatic rings. The molecule has 0 N–H and O–H groups in total. The van der Waals surface area contributed by atoms with Gasteiger partial charge in [0.15, 0.2) is 11.5 Å². The number of fused-ring (bicyclic) bond motifs is 8. The van der Waals surface area contributed by atoms with Gasteiger partial charge in [-0.1, -0.05) is 36.4 Å². The van der Waals surface area contributed by atoms with Gasteiger partial charge in [-0.15, -0.1) is 0 Å². The Hall–Kier alpha value is -7.14. The second kappa shape index (κ2) is 20.6. The summed E-state index contributed by atoms with van der Waals surface area (Å²) in [6, 6.07) is 26.1. The highest BCUT2D eigenvalue weighted by atomic mass is 16.6. The quantitative estimate of drug-likeness (QED) is 0.0574. The van der Waals surface area contributed by atoms with Crippen LogP contribution in [0.3, 0.4) is 0 Å². The van der Waals surface area contributed by atoms with Crippen LogP contribution < -0.4 is 28.7 Å². The monoisotopic (exact) mass is 909 g/mol. The fourth-order valence-corrected chi connectivity index (χ4v) is 8.56. The van der Waals surface area contributed by atoms with Crippen LogP contribution in [0.25, 0.3) is 0 Å².